The van der Waals surface area contributed by atoms with Crippen molar-refractivity contribution in [2.45, 2.75) is 31.7 Å². The van der Waals surface area contributed by atoms with Crippen LogP contribution in [0.15, 0.2) is 24.3 Å². The minimum atomic E-state index is -3.19. The van der Waals surface area contributed by atoms with E-state index in [1.165, 1.54) is 25.7 Å². The van der Waals surface area contributed by atoms with Gasteiger partial charge in [-0.3, -0.25) is 4.72 Å². The Morgan fingerprint density at radius 1 is 1.05 bits per heavy atom. The molecule has 0 radical (unpaired) electrons. The van der Waals surface area contributed by atoms with Gasteiger partial charge in [0.25, 0.3) is 0 Å². The third-order valence-electron chi connectivity index (χ3n) is 4.28. The molecular weight excluding hydrogens is 260 g/mol. The summed E-state index contributed by atoms with van der Waals surface area (Å²) in [5.74, 6) is 1.76. The summed E-state index contributed by atoms with van der Waals surface area (Å²) >= 11 is 0. The highest BCUT2D eigenvalue weighted by Gasteiger charge is 2.39. The molecule has 3 atom stereocenters. The molecule has 1 aromatic carbocycles. The van der Waals surface area contributed by atoms with Crippen LogP contribution in [0.25, 0.3) is 0 Å². The highest BCUT2D eigenvalue weighted by Crippen LogP contribution is 2.45. The molecule has 0 aromatic heterocycles. The van der Waals surface area contributed by atoms with Crippen molar-refractivity contribution in [2.75, 3.05) is 16.3 Å². The molecule has 2 bridgehead atoms. The van der Waals surface area contributed by atoms with Gasteiger partial charge in [0.15, 0.2) is 0 Å². The lowest BCUT2D eigenvalue weighted by Gasteiger charge is -2.24. The normalized spacial score (nSPS) is 29.4. The smallest absolute Gasteiger partial charge is 0.229 e. The quantitative estimate of drug-likeness (QED) is 0.891. The Kier molecular flexibility index (Phi) is 3.17. The van der Waals surface area contributed by atoms with Gasteiger partial charge in [0.1, 0.15) is 0 Å². The number of hydrogen-bond acceptors (Lipinski definition) is 3. The minimum absolute atomic E-state index is 0.604. The van der Waals surface area contributed by atoms with Crippen molar-refractivity contribution in [3.8, 4) is 0 Å². The molecule has 0 amide bonds. The van der Waals surface area contributed by atoms with Crippen LogP contribution in [0.5, 0.6) is 0 Å². The second kappa shape index (κ2) is 4.71. The third kappa shape index (κ3) is 3.03. The molecule has 3 rings (SSSR count). The first-order valence-electron chi connectivity index (χ1n) is 6.84. The molecular formula is C14H20N2O2S. The van der Waals surface area contributed by atoms with Gasteiger partial charge in [0.05, 0.1) is 6.26 Å². The SMILES string of the molecule is CS(=O)(=O)Nc1ccc(NC2CC3CCC2C3)cc1. The number of hydrogen-bond donors (Lipinski definition) is 2. The first kappa shape index (κ1) is 12.8. The summed E-state index contributed by atoms with van der Waals surface area (Å²) in [6, 6.07) is 8.10. The van der Waals surface area contributed by atoms with Crippen molar-refractivity contribution < 1.29 is 8.42 Å². The fourth-order valence-corrected chi connectivity index (χ4v) is 4.05. The standard InChI is InChI=1S/C14H20N2O2S/c1-19(17,18)16-13-6-4-12(5-7-13)15-14-9-10-2-3-11(14)8-10/h4-7,10-11,14-16H,2-3,8-9H2,1H3. The maximum absolute atomic E-state index is 11.1. The predicted octanol–water partition coefficient (Wildman–Crippen LogP) is 2.66. The zero-order valence-corrected chi connectivity index (χ0v) is 11.9. The lowest BCUT2D eigenvalue weighted by Crippen LogP contribution is -2.25. The van der Waals surface area contributed by atoms with E-state index in [0.29, 0.717) is 11.7 Å². The van der Waals surface area contributed by atoms with Crippen LogP contribution >= 0.6 is 0 Å². The summed E-state index contributed by atoms with van der Waals surface area (Å²) in [7, 11) is -3.19. The number of benzene rings is 1. The van der Waals surface area contributed by atoms with Crippen LogP contribution in [0.1, 0.15) is 25.7 Å². The van der Waals surface area contributed by atoms with E-state index in [4.69, 9.17) is 0 Å². The van der Waals surface area contributed by atoms with Crippen LogP contribution in [0.4, 0.5) is 11.4 Å². The average molecular weight is 280 g/mol. The molecule has 104 valence electrons. The molecule has 2 aliphatic carbocycles. The molecule has 0 aliphatic heterocycles. The third-order valence-corrected chi connectivity index (χ3v) is 4.88. The monoisotopic (exact) mass is 280 g/mol. The molecule has 2 saturated carbocycles. The molecule has 2 fully saturated rings. The topological polar surface area (TPSA) is 58.2 Å². The van der Waals surface area contributed by atoms with E-state index >= 15 is 0 Å². The molecule has 5 heteroatoms. The van der Waals surface area contributed by atoms with Crippen molar-refractivity contribution in [2.24, 2.45) is 11.8 Å². The van der Waals surface area contributed by atoms with Crippen molar-refractivity contribution in [1.82, 2.24) is 0 Å². The van der Waals surface area contributed by atoms with E-state index < -0.39 is 10.0 Å². The van der Waals surface area contributed by atoms with E-state index in [2.05, 4.69) is 10.0 Å². The van der Waals surface area contributed by atoms with Crippen molar-refractivity contribution in [3.05, 3.63) is 24.3 Å². The van der Waals surface area contributed by atoms with Gasteiger partial charge >= 0.3 is 0 Å². The lowest BCUT2D eigenvalue weighted by molar-refractivity contribution is 0.440. The number of nitrogens with one attached hydrogen (secondary N) is 2. The molecule has 2 N–H and O–H groups in total. The Morgan fingerprint density at radius 2 is 1.74 bits per heavy atom. The molecule has 0 saturated heterocycles. The van der Waals surface area contributed by atoms with Gasteiger partial charge in [-0.25, -0.2) is 8.42 Å². The lowest BCUT2D eigenvalue weighted by atomic mass is 9.95. The van der Waals surface area contributed by atoms with Gasteiger partial charge in [-0.15, -0.1) is 0 Å². The van der Waals surface area contributed by atoms with Gasteiger partial charge < -0.3 is 5.32 Å². The summed E-state index contributed by atoms with van der Waals surface area (Å²) in [6.07, 6.45) is 6.59. The number of anilines is 2. The molecule has 4 nitrogen and oxygen atoms in total. The Bertz CT molecular complexity index is 553. The summed E-state index contributed by atoms with van der Waals surface area (Å²) in [5, 5.41) is 3.59. The molecule has 19 heavy (non-hydrogen) atoms. The van der Waals surface area contributed by atoms with Gasteiger partial charge in [-0.2, -0.15) is 0 Å². The summed E-state index contributed by atoms with van der Waals surface area (Å²) in [5.41, 5.74) is 1.69. The number of rotatable bonds is 4. The molecule has 0 heterocycles. The minimum Gasteiger partial charge on any atom is -0.382 e. The van der Waals surface area contributed by atoms with Gasteiger partial charge in [0.2, 0.25) is 10.0 Å². The van der Waals surface area contributed by atoms with Crippen molar-refractivity contribution in [1.29, 1.82) is 0 Å². The highest BCUT2D eigenvalue weighted by atomic mass is 32.2. The van der Waals surface area contributed by atoms with Gasteiger partial charge in [0, 0.05) is 17.4 Å². The molecule has 3 unspecified atom stereocenters. The average Bonchev–Trinajstić information content (AvgIpc) is 2.92. The van der Waals surface area contributed by atoms with E-state index in [-0.39, 0.29) is 0 Å². The van der Waals surface area contributed by atoms with E-state index in [1.54, 1.807) is 12.1 Å². The van der Waals surface area contributed by atoms with E-state index in [1.807, 2.05) is 12.1 Å². The summed E-state index contributed by atoms with van der Waals surface area (Å²) < 4.78 is 24.7. The Hall–Kier alpha value is -1.23. The Balaban J connectivity index is 1.63. The second-order valence-electron chi connectivity index (χ2n) is 5.88. The number of fused-ring (bicyclic) bond motifs is 2. The maximum Gasteiger partial charge on any atom is 0.229 e. The highest BCUT2D eigenvalue weighted by molar-refractivity contribution is 7.92. The Labute approximate surface area is 114 Å². The molecule has 2 aliphatic rings. The van der Waals surface area contributed by atoms with Crippen LogP contribution < -0.4 is 10.0 Å². The number of sulfonamides is 1. The van der Waals surface area contributed by atoms with E-state index in [9.17, 15) is 8.42 Å². The zero-order chi connectivity index (χ0) is 13.5. The summed E-state index contributed by atoms with van der Waals surface area (Å²) in [4.78, 5) is 0. The first-order valence-corrected chi connectivity index (χ1v) is 8.73. The summed E-state index contributed by atoms with van der Waals surface area (Å²) in [6.45, 7) is 0. The van der Waals surface area contributed by atoms with Crippen LogP contribution in [0.2, 0.25) is 0 Å². The molecule has 1 aromatic rings. The largest absolute Gasteiger partial charge is 0.382 e. The maximum atomic E-state index is 11.1. The van der Waals surface area contributed by atoms with Gasteiger partial charge in [-0.05, 0) is 55.4 Å². The van der Waals surface area contributed by atoms with Crippen molar-refractivity contribution >= 4 is 21.4 Å². The predicted molar refractivity (Wildman–Crippen MR) is 77.8 cm³/mol. The van der Waals surface area contributed by atoms with Crippen LogP contribution in [-0.4, -0.2) is 20.7 Å². The van der Waals surface area contributed by atoms with E-state index in [0.717, 1.165) is 23.8 Å². The fraction of sp³-hybridized carbons (Fsp3) is 0.571. The fourth-order valence-electron chi connectivity index (χ4n) is 3.48. The van der Waals surface area contributed by atoms with Crippen LogP contribution in [-0.2, 0) is 10.0 Å². The van der Waals surface area contributed by atoms with Crippen LogP contribution in [0, 0.1) is 11.8 Å². The first-order chi connectivity index (χ1) is 8.99. The zero-order valence-electron chi connectivity index (χ0n) is 11.1. The van der Waals surface area contributed by atoms with Crippen molar-refractivity contribution in [3.63, 3.8) is 0 Å². The second-order valence-corrected chi connectivity index (χ2v) is 7.63. The molecule has 0 spiro atoms. The Morgan fingerprint density at radius 3 is 2.26 bits per heavy atom. The van der Waals surface area contributed by atoms with Gasteiger partial charge in [-0.1, -0.05) is 6.42 Å². The van der Waals surface area contributed by atoms with Crippen LogP contribution in [0.3, 0.4) is 0 Å².